The van der Waals surface area contributed by atoms with E-state index in [2.05, 4.69) is 26.1 Å². The van der Waals surface area contributed by atoms with Gasteiger partial charge in [0.15, 0.2) is 0 Å². The number of carbonyl (C=O) groups is 1. The number of amides is 1. The SMILES string of the molecule is CC(Sc1ccc([N+](=O)[O-])cc1)C(=O)Nc1ccccc1C(C)(C)C. The number of para-hydroxylation sites is 1. The molecule has 1 unspecified atom stereocenters. The van der Waals surface area contributed by atoms with Gasteiger partial charge in [-0.05, 0) is 36.1 Å². The van der Waals surface area contributed by atoms with Gasteiger partial charge in [0, 0.05) is 22.7 Å². The minimum absolute atomic E-state index is 0.0422. The van der Waals surface area contributed by atoms with Gasteiger partial charge in [0.05, 0.1) is 10.2 Å². The fourth-order valence-corrected chi connectivity index (χ4v) is 3.25. The molecule has 0 saturated carbocycles. The summed E-state index contributed by atoms with van der Waals surface area (Å²) in [6.07, 6.45) is 0. The quantitative estimate of drug-likeness (QED) is 0.463. The summed E-state index contributed by atoms with van der Waals surface area (Å²) in [6, 6.07) is 14.0. The second-order valence-electron chi connectivity index (χ2n) is 6.80. The Hall–Kier alpha value is -2.34. The Morgan fingerprint density at radius 2 is 1.72 bits per heavy atom. The van der Waals surface area contributed by atoms with Crippen LogP contribution >= 0.6 is 11.8 Å². The Balaban J connectivity index is 2.07. The van der Waals surface area contributed by atoms with Crippen molar-refractivity contribution in [2.45, 2.75) is 43.3 Å². The third-order valence-electron chi connectivity index (χ3n) is 3.72. The van der Waals surface area contributed by atoms with Crippen LogP contribution in [0.15, 0.2) is 53.4 Å². The van der Waals surface area contributed by atoms with Crippen molar-refractivity contribution in [3.8, 4) is 0 Å². The highest BCUT2D eigenvalue weighted by Gasteiger charge is 2.21. The van der Waals surface area contributed by atoms with Crippen LogP contribution in [-0.2, 0) is 10.2 Å². The number of hydrogen-bond donors (Lipinski definition) is 1. The molecule has 25 heavy (non-hydrogen) atoms. The molecule has 1 amide bonds. The van der Waals surface area contributed by atoms with Crippen molar-refractivity contribution in [2.75, 3.05) is 5.32 Å². The summed E-state index contributed by atoms with van der Waals surface area (Å²) in [5, 5.41) is 13.4. The Labute approximate surface area is 152 Å². The maximum atomic E-state index is 12.5. The molecule has 0 saturated heterocycles. The summed E-state index contributed by atoms with van der Waals surface area (Å²) in [4.78, 5) is 23.6. The number of carbonyl (C=O) groups excluding carboxylic acids is 1. The smallest absolute Gasteiger partial charge is 0.269 e. The first-order valence-electron chi connectivity index (χ1n) is 8.00. The number of rotatable bonds is 5. The largest absolute Gasteiger partial charge is 0.325 e. The predicted octanol–water partition coefficient (Wildman–Crippen LogP) is 5.01. The molecule has 2 aromatic rings. The molecule has 0 heterocycles. The fourth-order valence-electron chi connectivity index (χ4n) is 2.38. The molecule has 5 nitrogen and oxygen atoms in total. The number of nitrogens with zero attached hydrogens (tertiary/aromatic N) is 1. The maximum Gasteiger partial charge on any atom is 0.269 e. The second-order valence-corrected chi connectivity index (χ2v) is 8.21. The van der Waals surface area contributed by atoms with Crippen LogP contribution in [0.1, 0.15) is 33.3 Å². The molecule has 6 heteroatoms. The van der Waals surface area contributed by atoms with Crippen molar-refractivity contribution < 1.29 is 9.72 Å². The summed E-state index contributed by atoms with van der Waals surface area (Å²) < 4.78 is 0. The zero-order valence-electron chi connectivity index (χ0n) is 14.8. The van der Waals surface area contributed by atoms with Gasteiger partial charge in [0.1, 0.15) is 0 Å². The summed E-state index contributed by atoms with van der Waals surface area (Å²) in [5.74, 6) is -0.0972. The third-order valence-corrected chi connectivity index (χ3v) is 4.83. The molecule has 1 atom stereocenters. The summed E-state index contributed by atoms with van der Waals surface area (Å²) in [6.45, 7) is 8.13. The lowest BCUT2D eigenvalue weighted by Gasteiger charge is -2.23. The van der Waals surface area contributed by atoms with Crippen LogP contribution in [0.3, 0.4) is 0 Å². The minimum Gasteiger partial charge on any atom is -0.325 e. The van der Waals surface area contributed by atoms with Crippen LogP contribution in [0.4, 0.5) is 11.4 Å². The molecule has 0 radical (unpaired) electrons. The van der Waals surface area contributed by atoms with Gasteiger partial charge in [0.25, 0.3) is 5.69 Å². The van der Waals surface area contributed by atoms with Crippen LogP contribution in [-0.4, -0.2) is 16.1 Å². The Morgan fingerprint density at radius 1 is 1.12 bits per heavy atom. The molecule has 0 aliphatic heterocycles. The van der Waals surface area contributed by atoms with Crippen LogP contribution in [0.5, 0.6) is 0 Å². The number of nitro groups is 1. The lowest BCUT2D eigenvalue weighted by atomic mass is 9.86. The highest BCUT2D eigenvalue weighted by atomic mass is 32.2. The average Bonchev–Trinajstić information content (AvgIpc) is 2.54. The normalized spacial score (nSPS) is 12.5. The van der Waals surface area contributed by atoms with E-state index in [0.717, 1.165) is 16.1 Å². The van der Waals surface area contributed by atoms with Gasteiger partial charge in [-0.25, -0.2) is 0 Å². The number of benzene rings is 2. The maximum absolute atomic E-state index is 12.5. The standard InChI is InChI=1S/C19H22N2O3S/c1-13(25-15-11-9-14(10-12-15)21(23)24)18(22)20-17-8-6-5-7-16(17)19(2,3)4/h5-13H,1-4H3,(H,20,22). The Bertz CT molecular complexity index is 767. The van der Waals surface area contributed by atoms with E-state index < -0.39 is 4.92 Å². The van der Waals surface area contributed by atoms with Crippen LogP contribution in [0.2, 0.25) is 0 Å². The van der Waals surface area contributed by atoms with Gasteiger partial charge in [-0.15, -0.1) is 11.8 Å². The van der Waals surface area contributed by atoms with Gasteiger partial charge in [-0.3, -0.25) is 14.9 Å². The van der Waals surface area contributed by atoms with E-state index in [1.165, 1.54) is 23.9 Å². The van der Waals surface area contributed by atoms with Crippen molar-refractivity contribution in [1.82, 2.24) is 0 Å². The van der Waals surface area contributed by atoms with Crippen molar-refractivity contribution in [3.05, 3.63) is 64.2 Å². The number of hydrogen-bond acceptors (Lipinski definition) is 4. The van der Waals surface area contributed by atoms with Crippen molar-refractivity contribution in [3.63, 3.8) is 0 Å². The molecule has 0 spiro atoms. The van der Waals surface area contributed by atoms with Crippen LogP contribution in [0, 0.1) is 10.1 Å². The molecule has 0 bridgehead atoms. The molecule has 2 aromatic carbocycles. The molecule has 0 aliphatic rings. The first kappa shape index (κ1) is 19.0. The van der Waals surface area contributed by atoms with Crippen molar-refractivity contribution >= 4 is 29.0 Å². The van der Waals surface area contributed by atoms with Gasteiger partial charge < -0.3 is 5.32 Å². The summed E-state index contributed by atoms with van der Waals surface area (Å²) >= 11 is 1.37. The lowest BCUT2D eigenvalue weighted by Crippen LogP contribution is -2.24. The van der Waals surface area contributed by atoms with Gasteiger partial charge in [-0.2, -0.15) is 0 Å². The third kappa shape index (κ3) is 5.06. The molecular formula is C19H22N2O3S. The number of thioether (sulfide) groups is 1. The molecule has 2 rings (SSSR count). The minimum atomic E-state index is -0.436. The highest BCUT2D eigenvalue weighted by Crippen LogP contribution is 2.31. The van der Waals surface area contributed by atoms with E-state index in [1.807, 2.05) is 31.2 Å². The summed E-state index contributed by atoms with van der Waals surface area (Å²) in [5.41, 5.74) is 1.87. The Morgan fingerprint density at radius 3 is 2.28 bits per heavy atom. The first-order valence-corrected chi connectivity index (χ1v) is 8.88. The van der Waals surface area contributed by atoms with E-state index in [9.17, 15) is 14.9 Å². The first-order chi connectivity index (χ1) is 11.7. The number of nitro benzene ring substituents is 1. The fraction of sp³-hybridized carbons (Fsp3) is 0.316. The number of nitrogens with one attached hydrogen (secondary N) is 1. The van der Waals surface area contributed by atoms with E-state index in [4.69, 9.17) is 0 Å². The van der Waals surface area contributed by atoms with Crippen LogP contribution < -0.4 is 5.32 Å². The molecule has 1 N–H and O–H groups in total. The lowest BCUT2D eigenvalue weighted by molar-refractivity contribution is -0.384. The number of non-ortho nitro benzene ring substituents is 1. The average molecular weight is 358 g/mol. The predicted molar refractivity (Wildman–Crippen MR) is 102 cm³/mol. The molecule has 132 valence electrons. The highest BCUT2D eigenvalue weighted by molar-refractivity contribution is 8.00. The zero-order valence-corrected chi connectivity index (χ0v) is 15.6. The molecule has 0 aliphatic carbocycles. The van der Waals surface area contributed by atoms with Crippen molar-refractivity contribution in [2.24, 2.45) is 0 Å². The van der Waals surface area contributed by atoms with Crippen LogP contribution in [0.25, 0.3) is 0 Å². The van der Waals surface area contributed by atoms with Crippen molar-refractivity contribution in [1.29, 1.82) is 0 Å². The second kappa shape index (κ2) is 7.70. The molecular weight excluding hydrogens is 336 g/mol. The molecule has 0 aromatic heterocycles. The number of anilines is 1. The van der Waals surface area contributed by atoms with E-state index >= 15 is 0 Å². The van der Waals surface area contributed by atoms with Gasteiger partial charge >= 0.3 is 0 Å². The van der Waals surface area contributed by atoms with E-state index in [1.54, 1.807) is 12.1 Å². The summed E-state index contributed by atoms with van der Waals surface area (Å²) in [7, 11) is 0. The monoisotopic (exact) mass is 358 g/mol. The Kier molecular flexibility index (Phi) is 5.85. The topological polar surface area (TPSA) is 72.2 Å². The van der Waals surface area contributed by atoms with Gasteiger partial charge in [0.2, 0.25) is 5.91 Å². The van der Waals surface area contributed by atoms with E-state index in [-0.39, 0.29) is 22.3 Å². The molecule has 0 fully saturated rings. The van der Waals surface area contributed by atoms with Gasteiger partial charge in [-0.1, -0.05) is 39.0 Å². The zero-order chi connectivity index (χ0) is 18.6. The van der Waals surface area contributed by atoms with E-state index in [0.29, 0.717) is 0 Å².